The fourth-order valence-electron chi connectivity index (χ4n) is 1.39. The van der Waals surface area contributed by atoms with Crippen molar-refractivity contribution in [2.75, 3.05) is 5.75 Å². The third kappa shape index (κ3) is 3.66. The van der Waals surface area contributed by atoms with Crippen molar-refractivity contribution in [3.8, 4) is 0 Å². The van der Waals surface area contributed by atoms with E-state index < -0.39 is 9.84 Å². The average Bonchev–Trinajstić information content (AvgIpc) is 2.30. The molecule has 0 unspecified atom stereocenters. The summed E-state index contributed by atoms with van der Waals surface area (Å²) >= 11 is 0. The van der Waals surface area contributed by atoms with Gasteiger partial charge in [-0.15, -0.1) is 0 Å². The monoisotopic (exact) mass is 268 g/mol. The normalized spacial score (nSPS) is 11.7. The summed E-state index contributed by atoms with van der Waals surface area (Å²) in [4.78, 5) is 10.9. The second-order valence-corrected chi connectivity index (χ2v) is 6.10. The molecule has 0 aromatic heterocycles. The van der Waals surface area contributed by atoms with Gasteiger partial charge in [0.15, 0.2) is 9.84 Å². The van der Waals surface area contributed by atoms with Gasteiger partial charge in [0.2, 0.25) is 5.91 Å². The van der Waals surface area contributed by atoms with E-state index in [0.717, 1.165) is 0 Å². The molecule has 0 saturated carbocycles. The van der Waals surface area contributed by atoms with E-state index in [1.54, 1.807) is 32.0 Å². The Bertz CT molecular complexity index is 577. The Morgan fingerprint density at radius 3 is 2.67 bits per heavy atom. The first-order chi connectivity index (χ1) is 8.36. The van der Waals surface area contributed by atoms with Gasteiger partial charge in [-0.25, -0.2) is 13.8 Å². The number of sulfone groups is 1. The number of benzene rings is 1. The Labute approximate surface area is 107 Å². The van der Waals surface area contributed by atoms with Crippen LogP contribution in [-0.4, -0.2) is 26.3 Å². The van der Waals surface area contributed by atoms with Gasteiger partial charge in [-0.3, -0.25) is 4.79 Å². The van der Waals surface area contributed by atoms with Gasteiger partial charge >= 0.3 is 0 Å². The Balaban J connectivity index is 3.09. The molecule has 0 aliphatic heterocycles. The Morgan fingerprint density at radius 2 is 2.11 bits per heavy atom. The highest BCUT2D eigenvalue weighted by molar-refractivity contribution is 7.91. The van der Waals surface area contributed by atoms with E-state index in [1.807, 2.05) is 0 Å². The molecule has 1 aromatic carbocycles. The molecular formula is C12H16N2O3S. The van der Waals surface area contributed by atoms with Crippen molar-refractivity contribution in [3.05, 3.63) is 29.3 Å². The minimum atomic E-state index is -3.24. The van der Waals surface area contributed by atoms with Crippen LogP contribution in [-0.2, 0) is 14.6 Å². The minimum absolute atomic E-state index is 0.0557. The lowest BCUT2D eigenvalue weighted by Crippen LogP contribution is -2.12. The van der Waals surface area contributed by atoms with Gasteiger partial charge in [-0.1, -0.05) is 19.1 Å². The number of rotatable bonds is 4. The molecule has 0 spiro atoms. The molecule has 0 bridgehead atoms. The molecule has 0 aliphatic carbocycles. The maximum Gasteiger partial charge on any atom is 0.236 e. The van der Waals surface area contributed by atoms with Crippen molar-refractivity contribution in [2.24, 2.45) is 5.10 Å². The lowest BCUT2D eigenvalue weighted by atomic mass is 10.2. The van der Waals surface area contributed by atoms with Crippen LogP contribution in [0.25, 0.3) is 0 Å². The molecule has 0 atom stereocenters. The molecule has 0 aliphatic rings. The minimum Gasteiger partial charge on any atom is -0.274 e. The van der Waals surface area contributed by atoms with Crippen LogP contribution in [0.5, 0.6) is 0 Å². The molecule has 1 aromatic rings. The third-order valence-corrected chi connectivity index (χ3v) is 4.23. The van der Waals surface area contributed by atoms with E-state index in [4.69, 9.17) is 0 Å². The quantitative estimate of drug-likeness (QED) is 0.659. The van der Waals surface area contributed by atoms with E-state index >= 15 is 0 Å². The van der Waals surface area contributed by atoms with Crippen molar-refractivity contribution in [2.45, 2.75) is 25.7 Å². The van der Waals surface area contributed by atoms with E-state index in [9.17, 15) is 13.2 Å². The molecule has 0 fully saturated rings. The zero-order valence-electron chi connectivity index (χ0n) is 10.6. The number of nitrogens with zero attached hydrogens (tertiary/aromatic N) is 1. The summed E-state index contributed by atoms with van der Waals surface area (Å²) in [6.45, 7) is 4.70. The summed E-state index contributed by atoms with van der Waals surface area (Å²) in [5, 5.41) is 3.70. The van der Waals surface area contributed by atoms with Gasteiger partial charge in [0.05, 0.1) is 16.9 Å². The van der Waals surface area contributed by atoms with Crippen molar-refractivity contribution in [1.29, 1.82) is 0 Å². The number of aryl methyl sites for hydroxylation is 1. The van der Waals surface area contributed by atoms with Gasteiger partial charge in [0.1, 0.15) is 0 Å². The topological polar surface area (TPSA) is 75.6 Å². The zero-order valence-corrected chi connectivity index (χ0v) is 11.4. The van der Waals surface area contributed by atoms with Crippen LogP contribution in [0.15, 0.2) is 28.2 Å². The Kier molecular flexibility index (Phi) is 4.61. The number of nitrogens with one attached hydrogen (secondary N) is 1. The van der Waals surface area contributed by atoms with E-state index in [2.05, 4.69) is 10.5 Å². The lowest BCUT2D eigenvalue weighted by Gasteiger charge is -2.06. The van der Waals surface area contributed by atoms with Gasteiger partial charge in [-0.05, 0) is 24.1 Å². The molecule has 5 nitrogen and oxygen atoms in total. The fraction of sp³-hybridized carbons (Fsp3) is 0.333. The van der Waals surface area contributed by atoms with Crippen LogP contribution in [0.1, 0.15) is 25.0 Å². The molecule has 98 valence electrons. The molecule has 6 heteroatoms. The van der Waals surface area contributed by atoms with Gasteiger partial charge < -0.3 is 0 Å². The number of hydrogen-bond acceptors (Lipinski definition) is 4. The van der Waals surface area contributed by atoms with Crippen LogP contribution in [0, 0.1) is 6.92 Å². The van der Waals surface area contributed by atoms with E-state index in [-0.39, 0.29) is 11.7 Å². The largest absolute Gasteiger partial charge is 0.274 e. The van der Waals surface area contributed by atoms with Crippen LogP contribution >= 0.6 is 0 Å². The summed E-state index contributed by atoms with van der Waals surface area (Å²) in [6.07, 6.45) is 1.41. The highest BCUT2D eigenvalue weighted by atomic mass is 32.2. The highest BCUT2D eigenvalue weighted by Gasteiger charge is 2.14. The van der Waals surface area contributed by atoms with Gasteiger partial charge in [0.25, 0.3) is 0 Å². The van der Waals surface area contributed by atoms with Crippen LogP contribution in [0.3, 0.4) is 0 Å². The van der Waals surface area contributed by atoms with E-state index in [0.29, 0.717) is 16.0 Å². The molecule has 1 amide bonds. The standard InChI is InChI=1S/C12H16N2O3S/c1-4-18(16,17)12-7-11(6-5-9(12)2)8-13-14-10(3)15/h5-8H,4H2,1-3H3,(H,14,15)/b13-8+. The first-order valence-corrected chi connectivity index (χ1v) is 7.15. The second-order valence-electron chi connectivity index (χ2n) is 3.85. The molecule has 18 heavy (non-hydrogen) atoms. The smallest absolute Gasteiger partial charge is 0.236 e. The Hall–Kier alpha value is -1.69. The molecule has 1 N–H and O–H groups in total. The zero-order chi connectivity index (χ0) is 13.8. The van der Waals surface area contributed by atoms with Crippen molar-refractivity contribution in [3.63, 3.8) is 0 Å². The first kappa shape index (κ1) is 14.4. The third-order valence-electron chi connectivity index (χ3n) is 2.36. The lowest BCUT2D eigenvalue weighted by molar-refractivity contribution is -0.118. The maximum absolute atomic E-state index is 11.8. The predicted molar refractivity (Wildman–Crippen MR) is 70.3 cm³/mol. The van der Waals surface area contributed by atoms with Crippen molar-refractivity contribution >= 4 is 22.0 Å². The second kappa shape index (κ2) is 5.77. The molecule has 0 radical (unpaired) electrons. The summed E-state index contributed by atoms with van der Waals surface area (Å²) in [6, 6.07) is 5.02. The maximum atomic E-state index is 11.8. The van der Waals surface area contributed by atoms with Crippen molar-refractivity contribution < 1.29 is 13.2 Å². The summed E-state index contributed by atoms with van der Waals surface area (Å²) in [5.41, 5.74) is 3.59. The fourth-order valence-corrected chi connectivity index (χ4v) is 2.57. The average molecular weight is 268 g/mol. The summed E-state index contributed by atoms with van der Waals surface area (Å²) in [5.74, 6) is -0.222. The molecule has 1 rings (SSSR count). The number of hydrazone groups is 1. The highest BCUT2D eigenvalue weighted by Crippen LogP contribution is 2.17. The van der Waals surface area contributed by atoms with Crippen LogP contribution in [0.4, 0.5) is 0 Å². The number of hydrogen-bond donors (Lipinski definition) is 1. The molecule has 0 saturated heterocycles. The molecular weight excluding hydrogens is 252 g/mol. The molecule has 0 heterocycles. The van der Waals surface area contributed by atoms with Crippen LogP contribution in [0.2, 0.25) is 0 Å². The van der Waals surface area contributed by atoms with Gasteiger partial charge in [0, 0.05) is 6.92 Å². The number of carbonyl (C=O) groups is 1. The van der Waals surface area contributed by atoms with Gasteiger partial charge in [-0.2, -0.15) is 5.10 Å². The van der Waals surface area contributed by atoms with Crippen LogP contribution < -0.4 is 5.43 Å². The summed E-state index contributed by atoms with van der Waals surface area (Å²) < 4.78 is 23.7. The number of amides is 1. The SMILES string of the molecule is CCS(=O)(=O)c1cc(/C=N/NC(C)=O)ccc1C. The number of carbonyl (C=O) groups excluding carboxylic acids is 1. The Morgan fingerprint density at radius 1 is 1.44 bits per heavy atom. The first-order valence-electron chi connectivity index (χ1n) is 5.50. The van der Waals surface area contributed by atoms with E-state index in [1.165, 1.54) is 13.1 Å². The predicted octanol–water partition coefficient (Wildman–Crippen LogP) is 1.26. The van der Waals surface area contributed by atoms with Crippen molar-refractivity contribution in [1.82, 2.24) is 5.43 Å². The summed E-state index contributed by atoms with van der Waals surface area (Å²) in [7, 11) is -3.24.